The molecule has 1 aromatic heterocycles. The Balaban J connectivity index is 1.37. The summed E-state index contributed by atoms with van der Waals surface area (Å²) in [5.41, 5.74) is 3.46. The van der Waals surface area contributed by atoms with Crippen molar-refractivity contribution in [1.82, 2.24) is 9.88 Å². The van der Waals surface area contributed by atoms with E-state index >= 15 is 0 Å². The molecular formula is C27H26N4O2S. The van der Waals surface area contributed by atoms with Gasteiger partial charge in [0.1, 0.15) is 5.54 Å². The zero-order valence-electron chi connectivity index (χ0n) is 19.5. The van der Waals surface area contributed by atoms with Crippen LogP contribution >= 0.6 is 12.2 Å². The third-order valence-electron chi connectivity index (χ3n) is 6.00. The van der Waals surface area contributed by atoms with Crippen LogP contribution in [0.4, 0.5) is 11.4 Å². The van der Waals surface area contributed by atoms with E-state index in [4.69, 9.17) is 23.5 Å². The van der Waals surface area contributed by atoms with Gasteiger partial charge >= 0.3 is 0 Å². The van der Waals surface area contributed by atoms with Crippen molar-refractivity contribution in [2.45, 2.75) is 32.7 Å². The highest BCUT2D eigenvalue weighted by Crippen LogP contribution is 2.34. The number of carbonyl (C=O) groups is 1. The molecule has 0 atom stereocenters. The van der Waals surface area contributed by atoms with Crippen molar-refractivity contribution in [3.8, 4) is 17.0 Å². The molecule has 1 aliphatic heterocycles. The van der Waals surface area contributed by atoms with Crippen LogP contribution in [-0.4, -0.2) is 39.6 Å². The Morgan fingerprint density at radius 1 is 1.09 bits per heavy atom. The van der Waals surface area contributed by atoms with Crippen LogP contribution in [0.25, 0.3) is 16.0 Å². The molecule has 2 heterocycles. The summed E-state index contributed by atoms with van der Waals surface area (Å²) in [5.74, 6) is 0.488. The van der Waals surface area contributed by atoms with E-state index in [0.717, 1.165) is 16.7 Å². The molecule has 6 nitrogen and oxygen atoms in total. The Kier molecular flexibility index (Phi) is 6.62. The standard InChI is InChI=1S/C27H26N4O2S/c1-19-17-22(12-13-23(19)28-4)31-25(32)27(2,3)30(26(31)34)15-8-16-33-24-14-11-21(18-29-24)20-9-6-5-7-10-20/h5-7,9-14,17-18H,8,15-16H2,1-3H3. The van der Waals surface area contributed by atoms with Gasteiger partial charge in [-0.05, 0) is 68.7 Å². The largest absolute Gasteiger partial charge is 0.478 e. The van der Waals surface area contributed by atoms with E-state index in [1.807, 2.05) is 74.2 Å². The van der Waals surface area contributed by atoms with E-state index in [9.17, 15) is 4.79 Å². The normalized spacial score (nSPS) is 14.9. The molecule has 1 saturated heterocycles. The van der Waals surface area contributed by atoms with Gasteiger partial charge < -0.3 is 9.64 Å². The van der Waals surface area contributed by atoms with Crippen molar-refractivity contribution in [1.29, 1.82) is 0 Å². The summed E-state index contributed by atoms with van der Waals surface area (Å²) in [7, 11) is 0. The Labute approximate surface area is 205 Å². The first-order chi connectivity index (χ1) is 16.3. The minimum atomic E-state index is -0.765. The van der Waals surface area contributed by atoms with Gasteiger partial charge in [-0.1, -0.05) is 36.4 Å². The molecule has 1 amide bonds. The first-order valence-corrected chi connectivity index (χ1v) is 11.5. The quantitative estimate of drug-likeness (QED) is 0.249. The van der Waals surface area contributed by atoms with Crippen LogP contribution in [0.15, 0.2) is 66.9 Å². The van der Waals surface area contributed by atoms with Crippen LogP contribution in [0.2, 0.25) is 0 Å². The number of benzene rings is 2. The van der Waals surface area contributed by atoms with E-state index in [0.29, 0.717) is 41.9 Å². The predicted molar refractivity (Wildman–Crippen MR) is 138 cm³/mol. The molecule has 0 saturated carbocycles. The van der Waals surface area contributed by atoms with E-state index in [2.05, 4.69) is 9.83 Å². The molecule has 0 bridgehead atoms. The van der Waals surface area contributed by atoms with Gasteiger partial charge in [0.2, 0.25) is 5.88 Å². The highest BCUT2D eigenvalue weighted by molar-refractivity contribution is 7.80. The summed E-state index contributed by atoms with van der Waals surface area (Å²) in [6.45, 7) is 13.9. The number of hydrogen-bond acceptors (Lipinski definition) is 4. The van der Waals surface area contributed by atoms with Crippen LogP contribution in [-0.2, 0) is 4.79 Å². The number of carbonyl (C=O) groups excluding carboxylic acids is 1. The lowest BCUT2D eigenvalue weighted by molar-refractivity contribution is -0.123. The molecule has 34 heavy (non-hydrogen) atoms. The zero-order valence-corrected chi connectivity index (χ0v) is 20.3. The first-order valence-electron chi connectivity index (χ1n) is 11.1. The maximum atomic E-state index is 13.2. The lowest BCUT2D eigenvalue weighted by atomic mass is 10.0. The highest BCUT2D eigenvalue weighted by Gasteiger charge is 2.49. The third kappa shape index (κ3) is 4.50. The average Bonchev–Trinajstić information content (AvgIpc) is 3.01. The molecule has 4 rings (SSSR count). The van der Waals surface area contributed by atoms with E-state index in [1.54, 1.807) is 23.2 Å². The maximum Gasteiger partial charge on any atom is 0.258 e. The van der Waals surface area contributed by atoms with Gasteiger partial charge in [0.05, 0.1) is 13.2 Å². The molecule has 7 heteroatoms. The van der Waals surface area contributed by atoms with Crippen molar-refractivity contribution < 1.29 is 9.53 Å². The van der Waals surface area contributed by atoms with Gasteiger partial charge in [-0.25, -0.2) is 9.83 Å². The molecule has 0 radical (unpaired) electrons. The van der Waals surface area contributed by atoms with Gasteiger partial charge in [0.15, 0.2) is 10.8 Å². The number of pyridine rings is 1. The fourth-order valence-electron chi connectivity index (χ4n) is 4.01. The molecule has 0 N–H and O–H groups in total. The topological polar surface area (TPSA) is 50.0 Å². The summed E-state index contributed by atoms with van der Waals surface area (Å²) >= 11 is 5.70. The molecule has 2 aromatic carbocycles. The van der Waals surface area contributed by atoms with Crippen LogP contribution in [0.3, 0.4) is 0 Å². The van der Waals surface area contributed by atoms with Gasteiger partial charge in [-0.3, -0.25) is 9.69 Å². The van der Waals surface area contributed by atoms with Gasteiger partial charge in [-0.2, -0.15) is 0 Å². The lowest BCUT2D eigenvalue weighted by Gasteiger charge is -2.29. The number of nitrogens with zero attached hydrogens (tertiary/aromatic N) is 4. The fourth-order valence-corrected chi connectivity index (χ4v) is 4.52. The second-order valence-corrected chi connectivity index (χ2v) is 9.03. The van der Waals surface area contributed by atoms with Crippen molar-refractivity contribution in [2.75, 3.05) is 18.1 Å². The van der Waals surface area contributed by atoms with Crippen molar-refractivity contribution in [2.24, 2.45) is 0 Å². The Hall–Kier alpha value is -3.76. The average molecular weight is 471 g/mol. The minimum Gasteiger partial charge on any atom is -0.478 e. The number of thiocarbonyl (C=S) groups is 1. The SMILES string of the molecule is [C-]#[N+]c1ccc(N2C(=O)C(C)(C)N(CCCOc3ccc(-c4ccccc4)cn3)C2=S)cc1C. The number of anilines is 1. The van der Waals surface area contributed by atoms with E-state index in [-0.39, 0.29) is 5.91 Å². The molecule has 0 aliphatic carbocycles. The van der Waals surface area contributed by atoms with Crippen molar-refractivity contribution >= 4 is 34.6 Å². The Morgan fingerprint density at radius 2 is 1.85 bits per heavy atom. The molecule has 1 aliphatic rings. The number of ether oxygens (including phenoxy) is 1. The van der Waals surface area contributed by atoms with Gasteiger partial charge in [-0.15, -0.1) is 0 Å². The predicted octanol–water partition coefficient (Wildman–Crippen LogP) is 5.79. The highest BCUT2D eigenvalue weighted by atomic mass is 32.1. The number of hydrogen-bond donors (Lipinski definition) is 0. The van der Waals surface area contributed by atoms with E-state index in [1.165, 1.54) is 0 Å². The van der Waals surface area contributed by atoms with Crippen molar-refractivity contribution in [3.05, 3.63) is 83.8 Å². The summed E-state index contributed by atoms with van der Waals surface area (Å²) in [5, 5.41) is 0.468. The molecular weight excluding hydrogens is 444 g/mol. The van der Waals surface area contributed by atoms with Crippen molar-refractivity contribution in [3.63, 3.8) is 0 Å². The number of rotatable bonds is 7. The zero-order chi connectivity index (χ0) is 24.3. The van der Waals surface area contributed by atoms with Crippen LogP contribution in [0.1, 0.15) is 25.8 Å². The van der Waals surface area contributed by atoms with Crippen LogP contribution in [0, 0.1) is 13.5 Å². The van der Waals surface area contributed by atoms with Crippen LogP contribution < -0.4 is 9.64 Å². The molecule has 0 unspecified atom stereocenters. The number of aromatic nitrogens is 1. The van der Waals surface area contributed by atoms with E-state index < -0.39 is 5.54 Å². The molecule has 1 fully saturated rings. The molecule has 172 valence electrons. The summed E-state index contributed by atoms with van der Waals surface area (Å²) in [6, 6.07) is 19.3. The summed E-state index contributed by atoms with van der Waals surface area (Å²) < 4.78 is 5.83. The number of aryl methyl sites for hydroxylation is 1. The second-order valence-electron chi connectivity index (χ2n) is 8.67. The minimum absolute atomic E-state index is 0.0773. The smallest absolute Gasteiger partial charge is 0.258 e. The number of amides is 1. The molecule has 0 spiro atoms. The lowest BCUT2D eigenvalue weighted by Crippen LogP contribution is -2.44. The molecule has 3 aromatic rings. The van der Waals surface area contributed by atoms with Gasteiger partial charge in [0, 0.05) is 30.1 Å². The third-order valence-corrected chi connectivity index (χ3v) is 6.40. The maximum absolute atomic E-state index is 13.2. The van der Waals surface area contributed by atoms with Crippen LogP contribution in [0.5, 0.6) is 5.88 Å². The first kappa shape index (κ1) is 23.4. The second kappa shape index (κ2) is 9.62. The fraction of sp³-hybridized carbons (Fsp3) is 0.259. The Bertz CT molecular complexity index is 1250. The summed E-state index contributed by atoms with van der Waals surface area (Å²) in [4.78, 5) is 24.6. The summed E-state index contributed by atoms with van der Waals surface area (Å²) in [6.07, 6.45) is 2.49. The Morgan fingerprint density at radius 3 is 2.50 bits per heavy atom. The monoisotopic (exact) mass is 470 g/mol. The van der Waals surface area contributed by atoms with Gasteiger partial charge in [0.25, 0.3) is 5.91 Å².